The highest BCUT2D eigenvalue weighted by molar-refractivity contribution is 7.80. The summed E-state index contributed by atoms with van der Waals surface area (Å²) in [6.07, 6.45) is 1.24. The number of amides is 1. The summed E-state index contributed by atoms with van der Waals surface area (Å²) in [6, 6.07) is 0. The maximum absolute atomic E-state index is 12.8. The van der Waals surface area contributed by atoms with E-state index in [4.69, 9.17) is 22.7 Å². The predicted molar refractivity (Wildman–Crippen MR) is 78.0 cm³/mol. The van der Waals surface area contributed by atoms with Crippen LogP contribution in [0.1, 0.15) is 19.8 Å². The van der Waals surface area contributed by atoms with Gasteiger partial charge in [0.2, 0.25) is 5.91 Å². The summed E-state index contributed by atoms with van der Waals surface area (Å²) in [5, 5.41) is 0. The van der Waals surface area contributed by atoms with Gasteiger partial charge in [-0.25, -0.2) is 0 Å². The molecule has 2 aliphatic heterocycles. The lowest BCUT2D eigenvalue weighted by atomic mass is 9.78. The highest BCUT2D eigenvalue weighted by atomic mass is 32.1. The second kappa shape index (κ2) is 6.15. The minimum Gasteiger partial charge on any atom is -0.392 e. The monoisotopic (exact) mass is 285 g/mol. The largest absolute Gasteiger partial charge is 0.392 e. The number of likely N-dealkylation sites (N-methyl/N-ethyl adjacent to an activating group) is 1. The van der Waals surface area contributed by atoms with Crippen molar-refractivity contribution in [3.8, 4) is 0 Å². The lowest BCUT2D eigenvalue weighted by Gasteiger charge is -2.42. The molecule has 0 aromatic rings. The van der Waals surface area contributed by atoms with Gasteiger partial charge in [0.1, 0.15) is 5.41 Å². The molecule has 2 saturated heterocycles. The molecule has 0 aromatic heterocycles. The number of carbonyl (C=O) groups excluding carboxylic acids is 1. The molecular formula is C13H23N3O2S. The summed E-state index contributed by atoms with van der Waals surface area (Å²) < 4.78 is 5.35. The summed E-state index contributed by atoms with van der Waals surface area (Å²) in [4.78, 5) is 17.4. The molecule has 2 fully saturated rings. The van der Waals surface area contributed by atoms with Crippen LogP contribution in [0.4, 0.5) is 0 Å². The van der Waals surface area contributed by atoms with Gasteiger partial charge in [-0.3, -0.25) is 4.79 Å². The van der Waals surface area contributed by atoms with Crippen LogP contribution >= 0.6 is 12.2 Å². The van der Waals surface area contributed by atoms with Gasteiger partial charge < -0.3 is 20.3 Å². The smallest absolute Gasteiger partial charge is 0.235 e. The molecule has 108 valence electrons. The second-order valence-corrected chi connectivity index (χ2v) is 5.73. The van der Waals surface area contributed by atoms with E-state index in [0.717, 1.165) is 32.7 Å². The average Bonchev–Trinajstić information content (AvgIpc) is 2.47. The van der Waals surface area contributed by atoms with Gasteiger partial charge in [-0.15, -0.1) is 0 Å². The molecule has 0 spiro atoms. The Labute approximate surface area is 120 Å². The lowest BCUT2D eigenvalue weighted by Crippen LogP contribution is -2.57. The maximum Gasteiger partial charge on any atom is 0.235 e. The number of hydrogen-bond donors (Lipinski definition) is 1. The lowest BCUT2D eigenvalue weighted by molar-refractivity contribution is -0.144. The molecule has 0 radical (unpaired) electrons. The molecule has 0 aliphatic carbocycles. The molecule has 2 heterocycles. The molecule has 2 N–H and O–H groups in total. The highest BCUT2D eigenvalue weighted by Gasteiger charge is 2.45. The van der Waals surface area contributed by atoms with E-state index in [9.17, 15) is 4.79 Å². The van der Waals surface area contributed by atoms with Crippen molar-refractivity contribution in [2.24, 2.45) is 11.1 Å². The third-order valence-corrected chi connectivity index (χ3v) is 4.72. The van der Waals surface area contributed by atoms with Crippen molar-refractivity contribution in [3.05, 3.63) is 0 Å². The van der Waals surface area contributed by atoms with Crippen LogP contribution in [0.5, 0.6) is 0 Å². The van der Waals surface area contributed by atoms with Gasteiger partial charge >= 0.3 is 0 Å². The quantitative estimate of drug-likeness (QED) is 0.753. The van der Waals surface area contributed by atoms with Crippen molar-refractivity contribution in [2.75, 3.05) is 45.9 Å². The van der Waals surface area contributed by atoms with E-state index in [2.05, 4.69) is 11.8 Å². The van der Waals surface area contributed by atoms with Gasteiger partial charge in [-0.05, 0) is 19.4 Å². The van der Waals surface area contributed by atoms with Crippen molar-refractivity contribution < 1.29 is 9.53 Å². The SMILES string of the molecule is CCN1CCN(C(=O)C2(C(N)=S)CCOCC2)CC1. The minimum atomic E-state index is -0.665. The molecule has 2 aliphatic rings. The van der Waals surface area contributed by atoms with E-state index in [1.807, 2.05) is 4.90 Å². The summed E-state index contributed by atoms with van der Waals surface area (Å²) in [5.41, 5.74) is 5.22. The number of piperazine rings is 1. The zero-order valence-corrected chi connectivity index (χ0v) is 12.4. The Kier molecular flexibility index (Phi) is 4.76. The van der Waals surface area contributed by atoms with Crippen LogP contribution in [-0.2, 0) is 9.53 Å². The van der Waals surface area contributed by atoms with E-state index in [0.29, 0.717) is 31.0 Å². The van der Waals surface area contributed by atoms with Gasteiger partial charge in [0.05, 0.1) is 4.99 Å². The average molecular weight is 285 g/mol. The number of nitrogens with zero attached hydrogens (tertiary/aromatic N) is 2. The Morgan fingerprint density at radius 3 is 2.32 bits per heavy atom. The van der Waals surface area contributed by atoms with E-state index in [1.54, 1.807) is 0 Å². The zero-order chi connectivity index (χ0) is 13.9. The normalized spacial score (nSPS) is 24.2. The standard InChI is InChI=1S/C13H23N3O2S/c1-2-15-5-7-16(8-6-15)12(17)13(11(14)19)3-9-18-10-4-13/h2-10H2,1H3,(H2,14,19). The highest BCUT2D eigenvalue weighted by Crippen LogP contribution is 2.33. The van der Waals surface area contributed by atoms with Crippen LogP contribution in [0.15, 0.2) is 0 Å². The first kappa shape index (κ1) is 14.7. The fourth-order valence-electron chi connectivity index (χ4n) is 2.86. The van der Waals surface area contributed by atoms with Crippen LogP contribution in [0.3, 0.4) is 0 Å². The summed E-state index contributed by atoms with van der Waals surface area (Å²) in [5.74, 6) is 0.110. The third kappa shape index (κ3) is 2.90. The second-order valence-electron chi connectivity index (χ2n) is 5.29. The first-order valence-electron chi connectivity index (χ1n) is 6.99. The summed E-state index contributed by atoms with van der Waals surface area (Å²) in [6.45, 7) is 7.74. The third-order valence-electron chi connectivity index (χ3n) is 4.33. The van der Waals surface area contributed by atoms with E-state index < -0.39 is 5.41 Å². The summed E-state index contributed by atoms with van der Waals surface area (Å²) in [7, 11) is 0. The Balaban J connectivity index is 2.06. The minimum absolute atomic E-state index is 0.110. The van der Waals surface area contributed by atoms with Crippen LogP contribution < -0.4 is 5.73 Å². The van der Waals surface area contributed by atoms with Crippen molar-refractivity contribution >= 4 is 23.1 Å². The molecule has 0 saturated carbocycles. The number of rotatable bonds is 3. The van der Waals surface area contributed by atoms with Gasteiger partial charge in [0, 0.05) is 39.4 Å². The number of hydrogen-bond acceptors (Lipinski definition) is 4. The van der Waals surface area contributed by atoms with E-state index in [-0.39, 0.29) is 5.91 Å². The zero-order valence-electron chi connectivity index (χ0n) is 11.6. The van der Waals surface area contributed by atoms with Gasteiger partial charge in [-0.1, -0.05) is 19.1 Å². The van der Waals surface area contributed by atoms with Gasteiger partial charge in [0.25, 0.3) is 0 Å². The molecular weight excluding hydrogens is 262 g/mol. The van der Waals surface area contributed by atoms with Crippen LogP contribution in [0.2, 0.25) is 0 Å². The number of nitrogens with two attached hydrogens (primary N) is 1. The summed E-state index contributed by atoms with van der Waals surface area (Å²) >= 11 is 5.18. The predicted octanol–water partition coefficient (Wildman–Crippen LogP) is 0.233. The number of thiocarbonyl (C=S) groups is 1. The van der Waals surface area contributed by atoms with Crippen molar-refractivity contribution in [1.29, 1.82) is 0 Å². The Morgan fingerprint density at radius 1 is 1.26 bits per heavy atom. The molecule has 0 unspecified atom stereocenters. The van der Waals surface area contributed by atoms with Crippen molar-refractivity contribution in [1.82, 2.24) is 9.80 Å². The van der Waals surface area contributed by atoms with Crippen molar-refractivity contribution in [3.63, 3.8) is 0 Å². The Morgan fingerprint density at radius 2 is 1.84 bits per heavy atom. The first-order valence-corrected chi connectivity index (χ1v) is 7.40. The molecule has 0 aromatic carbocycles. The fourth-order valence-corrected chi connectivity index (χ4v) is 3.15. The molecule has 2 rings (SSSR count). The van der Waals surface area contributed by atoms with Crippen LogP contribution in [0, 0.1) is 5.41 Å². The van der Waals surface area contributed by atoms with Crippen LogP contribution in [0.25, 0.3) is 0 Å². The molecule has 0 atom stereocenters. The molecule has 1 amide bonds. The van der Waals surface area contributed by atoms with Gasteiger partial charge in [0.15, 0.2) is 0 Å². The van der Waals surface area contributed by atoms with E-state index >= 15 is 0 Å². The maximum atomic E-state index is 12.8. The Hall–Kier alpha value is -0.720. The number of carbonyl (C=O) groups is 1. The van der Waals surface area contributed by atoms with Crippen molar-refractivity contribution in [2.45, 2.75) is 19.8 Å². The Bertz CT molecular complexity index is 348. The molecule has 0 bridgehead atoms. The van der Waals surface area contributed by atoms with E-state index in [1.165, 1.54) is 0 Å². The molecule has 6 heteroatoms. The van der Waals surface area contributed by atoms with Gasteiger partial charge in [-0.2, -0.15) is 0 Å². The fraction of sp³-hybridized carbons (Fsp3) is 0.846. The van der Waals surface area contributed by atoms with Crippen LogP contribution in [-0.4, -0.2) is 66.6 Å². The number of ether oxygens (including phenoxy) is 1. The first-order chi connectivity index (χ1) is 9.10. The topological polar surface area (TPSA) is 58.8 Å². The molecule has 19 heavy (non-hydrogen) atoms. The molecule has 5 nitrogen and oxygen atoms in total.